The van der Waals surface area contributed by atoms with Crippen molar-refractivity contribution in [3.8, 4) is 0 Å². The Morgan fingerprint density at radius 2 is 1.76 bits per heavy atom. The van der Waals surface area contributed by atoms with E-state index in [4.69, 9.17) is 0 Å². The molecule has 2 atom stereocenters. The van der Waals surface area contributed by atoms with Crippen LogP contribution in [0.4, 0.5) is 0 Å². The summed E-state index contributed by atoms with van der Waals surface area (Å²) in [5.41, 5.74) is 2.49. The van der Waals surface area contributed by atoms with Crippen LogP contribution in [0.1, 0.15) is 11.1 Å². The fraction of sp³-hybridized carbons (Fsp3) is 0.500. The molecule has 0 radical (unpaired) electrons. The van der Waals surface area contributed by atoms with Gasteiger partial charge in [0.05, 0.1) is 18.1 Å². The van der Waals surface area contributed by atoms with Crippen molar-refractivity contribution in [3.63, 3.8) is 0 Å². The third-order valence-corrected chi connectivity index (χ3v) is 7.15. The molecule has 0 bridgehead atoms. The van der Waals surface area contributed by atoms with Gasteiger partial charge in [0.15, 0.2) is 9.84 Å². The Hall–Kier alpha value is -1.70. The molecule has 0 amide bonds. The van der Waals surface area contributed by atoms with E-state index >= 15 is 0 Å². The third-order valence-electron chi connectivity index (χ3n) is 5.45. The summed E-state index contributed by atoms with van der Waals surface area (Å²) in [4.78, 5) is 4.57. The van der Waals surface area contributed by atoms with Gasteiger partial charge in [0.2, 0.25) is 0 Å². The molecule has 7 heteroatoms. The van der Waals surface area contributed by atoms with Crippen molar-refractivity contribution in [1.82, 2.24) is 19.6 Å². The van der Waals surface area contributed by atoms with Crippen LogP contribution in [0, 0.1) is 0 Å². The Kier molecular flexibility index (Phi) is 4.39. The van der Waals surface area contributed by atoms with Crippen molar-refractivity contribution >= 4 is 9.84 Å². The Bertz CT molecular complexity index is 835. The maximum Gasteiger partial charge on any atom is 0.153 e. The molecule has 6 nitrogen and oxygen atoms in total. The minimum Gasteiger partial charge on any atom is -0.300 e. The van der Waals surface area contributed by atoms with Gasteiger partial charge in [-0.2, -0.15) is 5.10 Å². The zero-order valence-corrected chi connectivity index (χ0v) is 15.3. The van der Waals surface area contributed by atoms with E-state index in [2.05, 4.69) is 39.2 Å². The van der Waals surface area contributed by atoms with E-state index in [-0.39, 0.29) is 17.8 Å². The maximum atomic E-state index is 12.2. The average molecular weight is 360 g/mol. The number of piperazine rings is 1. The van der Waals surface area contributed by atoms with Gasteiger partial charge in [-0.1, -0.05) is 24.3 Å². The number of likely N-dealkylation sites (N-methyl/N-ethyl adjacent to an activating group) is 1. The van der Waals surface area contributed by atoms with Crippen LogP contribution in [-0.2, 0) is 22.9 Å². The van der Waals surface area contributed by atoms with E-state index in [1.807, 2.05) is 24.0 Å². The number of benzene rings is 1. The summed E-state index contributed by atoms with van der Waals surface area (Å²) in [5.74, 6) is 0.572. The van der Waals surface area contributed by atoms with Gasteiger partial charge in [-0.05, 0) is 24.2 Å². The molecule has 0 N–H and O–H groups in total. The number of rotatable bonds is 4. The molecule has 0 spiro atoms. The number of fused-ring (bicyclic) bond motifs is 1. The number of aromatic nitrogens is 2. The van der Waals surface area contributed by atoms with E-state index in [9.17, 15) is 8.42 Å². The van der Waals surface area contributed by atoms with Crippen LogP contribution in [0.2, 0.25) is 0 Å². The second kappa shape index (κ2) is 6.55. The van der Waals surface area contributed by atoms with Gasteiger partial charge in [-0.3, -0.25) is 14.5 Å². The first-order valence-corrected chi connectivity index (χ1v) is 10.5. The smallest absolute Gasteiger partial charge is 0.153 e. The van der Waals surface area contributed by atoms with E-state index in [0.717, 1.165) is 26.2 Å². The first-order valence-electron chi connectivity index (χ1n) is 8.71. The van der Waals surface area contributed by atoms with E-state index < -0.39 is 9.84 Å². The van der Waals surface area contributed by atoms with E-state index in [0.29, 0.717) is 5.75 Å². The topological polar surface area (TPSA) is 58.4 Å². The largest absolute Gasteiger partial charge is 0.300 e. The molecular formula is C18H24N4O2S. The van der Waals surface area contributed by atoms with Crippen molar-refractivity contribution in [2.45, 2.75) is 25.2 Å². The highest BCUT2D eigenvalue weighted by Crippen LogP contribution is 2.27. The standard InChI is InChI=1S/C18H24N4O2S/c1-20-9-10-21(18-14-25(23,24)13-17(18)20)11-15-5-2-3-6-16(15)12-22-8-4-7-19-22/h2-8,17-18H,9-14H2,1H3/t17-,18+/m1/s1. The molecule has 0 unspecified atom stereocenters. The SMILES string of the molecule is CN1CCN(Cc2ccccc2Cn2cccn2)[C@H]2CS(=O)(=O)C[C@H]21. The van der Waals surface area contributed by atoms with Gasteiger partial charge >= 0.3 is 0 Å². The molecule has 2 saturated heterocycles. The van der Waals surface area contributed by atoms with Gasteiger partial charge in [-0.15, -0.1) is 0 Å². The third kappa shape index (κ3) is 3.49. The number of hydrogen-bond acceptors (Lipinski definition) is 5. The summed E-state index contributed by atoms with van der Waals surface area (Å²) in [6.45, 7) is 3.35. The number of sulfone groups is 1. The van der Waals surface area contributed by atoms with Crippen LogP contribution >= 0.6 is 0 Å². The summed E-state index contributed by atoms with van der Waals surface area (Å²) in [5, 5.41) is 4.30. The van der Waals surface area contributed by atoms with Crippen LogP contribution in [0.3, 0.4) is 0 Å². The highest BCUT2D eigenvalue weighted by Gasteiger charge is 2.45. The molecule has 4 rings (SSSR count). The molecule has 2 fully saturated rings. The lowest BCUT2D eigenvalue weighted by molar-refractivity contribution is 0.0571. The van der Waals surface area contributed by atoms with Crippen molar-refractivity contribution in [3.05, 3.63) is 53.9 Å². The van der Waals surface area contributed by atoms with E-state index in [1.165, 1.54) is 11.1 Å². The summed E-state index contributed by atoms with van der Waals surface area (Å²) in [7, 11) is -0.892. The van der Waals surface area contributed by atoms with Crippen LogP contribution in [0.15, 0.2) is 42.7 Å². The fourth-order valence-electron chi connectivity index (χ4n) is 4.05. The van der Waals surface area contributed by atoms with Crippen molar-refractivity contribution in [1.29, 1.82) is 0 Å². The normalized spacial score (nSPS) is 26.6. The first-order chi connectivity index (χ1) is 12.0. The molecule has 2 aliphatic rings. The molecule has 3 heterocycles. The molecular weight excluding hydrogens is 336 g/mol. The average Bonchev–Trinajstić information content (AvgIpc) is 3.19. The minimum atomic E-state index is -2.94. The number of hydrogen-bond donors (Lipinski definition) is 0. The molecule has 134 valence electrons. The summed E-state index contributed by atoms with van der Waals surface area (Å²) in [6, 6.07) is 10.5. The highest BCUT2D eigenvalue weighted by atomic mass is 32.2. The van der Waals surface area contributed by atoms with Crippen LogP contribution < -0.4 is 0 Å². The predicted octanol–water partition coefficient (Wildman–Crippen LogP) is 0.844. The lowest BCUT2D eigenvalue weighted by atomic mass is 10.0. The van der Waals surface area contributed by atoms with Gasteiger partial charge in [0.25, 0.3) is 0 Å². The van der Waals surface area contributed by atoms with Gasteiger partial charge < -0.3 is 0 Å². The molecule has 2 aliphatic heterocycles. The Morgan fingerprint density at radius 1 is 1.04 bits per heavy atom. The summed E-state index contributed by atoms with van der Waals surface area (Å²) >= 11 is 0. The monoisotopic (exact) mass is 360 g/mol. The molecule has 0 aliphatic carbocycles. The predicted molar refractivity (Wildman–Crippen MR) is 97.0 cm³/mol. The Morgan fingerprint density at radius 3 is 2.48 bits per heavy atom. The Labute approximate surface area is 149 Å². The minimum absolute atomic E-state index is 0.0986. The Balaban J connectivity index is 1.56. The van der Waals surface area contributed by atoms with Crippen molar-refractivity contribution in [2.24, 2.45) is 0 Å². The second-order valence-electron chi connectivity index (χ2n) is 7.14. The van der Waals surface area contributed by atoms with Crippen LogP contribution in [0.25, 0.3) is 0 Å². The fourth-order valence-corrected chi connectivity index (χ4v) is 6.13. The lowest BCUT2D eigenvalue weighted by Gasteiger charge is -2.42. The molecule has 2 aromatic rings. The van der Waals surface area contributed by atoms with Crippen LogP contribution in [0.5, 0.6) is 0 Å². The summed E-state index contributed by atoms with van der Waals surface area (Å²) in [6.07, 6.45) is 3.75. The zero-order chi connectivity index (χ0) is 17.4. The van der Waals surface area contributed by atoms with E-state index in [1.54, 1.807) is 6.20 Å². The summed E-state index contributed by atoms with van der Waals surface area (Å²) < 4.78 is 26.2. The maximum absolute atomic E-state index is 12.2. The van der Waals surface area contributed by atoms with Gasteiger partial charge in [-0.25, -0.2) is 8.42 Å². The second-order valence-corrected chi connectivity index (χ2v) is 9.29. The number of nitrogens with zero attached hydrogens (tertiary/aromatic N) is 4. The highest BCUT2D eigenvalue weighted by molar-refractivity contribution is 7.91. The molecule has 1 aromatic heterocycles. The van der Waals surface area contributed by atoms with Gasteiger partial charge in [0, 0.05) is 44.1 Å². The zero-order valence-electron chi connectivity index (χ0n) is 14.5. The molecule has 0 saturated carbocycles. The van der Waals surface area contributed by atoms with Crippen LogP contribution in [-0.4, -0.2) is 71.7 Å². The first kappa shape index (κ1) is 16.8. The lowest BCUT2D eigenvalue weighted by Crippen LogP contribution is -2.57. The molecule has 25 heavy (non-hydrogen) atoms. The quantitative estimate of drug-likeness (QED) is 0.809. The van der Waals surface area contributed by atoms with Crippen molar-refractivity contribution in [2.75, 3.05) is 31.6 Å². The van der Waals surface area contributed by atoms with Gasteiger partial charge in [0.1, 0.15) is 0 Å². The van der Waals surface area contributed by atoms with Crippen molar-refractivity contribution < 1.29 is 8.42 Å². The molecule has 1 aromatic carbocycles.